The Morgan fingerprint density at radius 2 is 1.80 bits per heavy atom. The zero-order valence-corrected chi connectivity index (χ0v) is 19.7. The van der Waals surface area contributed by atoms with Crippen LogP contribution in [0.15, 0.2) is 60.7 Å². The second-order valence-corrected chi connectivity index (χ2v) is 9.05. The minimum absolute atomic E-state index is 0.0546. The van der Waals surface area contributed by atoms with Gasteiger partial charge in [-0.1, -0.05) is 29.8 Å². The highest BCUT2D eigenvalue weighted by atomic mass is 35.5. The van der Waals surface area contributed by atoms with Crippen molar-refractivity contribution in [3.8, 4) is 0 Å². The van der Waals surface area contributed by atoms with E-state index >= 15 is 0 Å². The third kappa shape index (κ3) is 4.51. The lowest BCUT2D eigenvalue weighted by molar-refractivity contribution is -0.177. The van der Waals surface area contributed by atoms with E-state index in [1.54, 1.807) is 31.2 Å². The second-order valence-electron chi connectivity index (χ2n) is 8.61. The molecule has 1 atom stereocenters. The molecule has 0 saturated carbocycles. The summed E-state index contributed by atoms with van der Waals surface area (Å²) in [5, 5.41) is 13.3. The molecule has 3 aromatic carbocycles. The molecule has 35 heavy (non-hydrogen) atoms. The topological polar surface area (TPSA) is 69.6 Å². The van der Waals surface area contributed by atoms with Gasteiger partial charge in [-0.3, -0.25) is 9.59 Å². The van der Waals surface area contributed by atoms with Gasteiger partial charge >= 0.3 is 0 Å². The molecule has 0 aliphatic carbocycles. The number of carbonyl (C=O) groups excluding carboxylic acids is 2. The van der Waals surface area contributed by atoms with Gasteiger partial charge < -0.3 is 15.3 Å². The van der Waals surface area contributed by atoms with Crippen molar-refractivity contribution >= 4 is 34.8 Å². The van der Waals surface area contributed by atoms with Crippen LogP contribution in [0.2, 0.25) is 5.02 Å². The highest BCUT2D eigenvalue weighted by Gasteiger charge is 2.53. The first-order valence-electron chi connectivity index (χ1n) is 10.8. The summed E-state index contributed by atoms with van der Waals surface area (Å²) in [6.07, 6.45) is -0.814. The summed E-state index contributed by atoms with van der Waals surface area (Å²) in [5.74, 6) is -5.65. The maximum atomic E-state index is 14.9. The molecule has 0 radical (unpaired) electrons. The maximum absolute atomic E-state index is 14.9. The number of alkyl halides is 2. The fraction of sp³-hybridized carbons (Fsp3) is 0.231. The molecule has 9 heteroatoms. The number of aryl methyl sites for hydroxylation is 1. The van der Waals surface area contributed by atoms with Crippen LogP contribution in [0.4, 0.5) is 24.5 Å². The number of fused-ring (bicyclic) bond motifs is 1. The standard InChI is InChI=1S/C26H22ClF3N2O3/c1-15-5-3-4-6-18(15)23(33)31-21-9-7-16(13-20(21)28)24(34)32-12-11-26(29,30)25(2,35)19-14-17(27)8-10-22(19)32/h3-10,13-14,35H,11-12H2,1-2H3,(H,31,33)/t25-/m1/s1. The molecule has 2 amide bonds. The fourth-order valence-electron chi connectivity index (χ4n) is 4.08. The molecule has 5 nitrogen and oxygen atoms in total. The van der Waals surface area contributed by atoms with Crippen LogP contribution in [0.5, 0.6) is 0 Å². The van der Waals surface area contributed by atoms with E-state index in [-0.39, 0.29) is 27.5 Å². The Morgan fingerprint density at radius 3 is 2.49 bits per heavy atom. The third-order valence-corrected chi connectivity index (χ3v) is 6.47. The number of halogens is 4. The van der Waals surface area contributed by atoms with E-state index in [2.05, 4.69) is 5.32 Å². The Morgan fingerprint density at radius 1 is 1.09 bits per heavy atom. The van der Waals surface area contributed by atoms with Gasteiger partial charge in [-0.25, -0.2) is 13.2 Å². The van der Waals surface area contributed by atoms with Gasteiger partial charge in [0.25, 0.3) is 17.7 Å². The molecule has 1 heterocycles. The normalized spacial score (nSPS) is 19.0. The number of amides is 2. The monoisotopic (exact) mass is 502 g/mol. The molecule has 0 saturated heterocycles. The summed E-state index contributed by atoms with van der Waals surface area (Å²) in [7, 11) is 0. The first-order valence-corrected chi connectivity index (χ1v) is 11.2. The van der Waals surface area contributed by atoms with Gasteiger partial charge in [-0.05, 0) is 61.9 Å². The lowest BCUT2D eigenvalue weighted by atomic mass is 9.87. The van der Waals surface area contributed by atoms with E-state index in [4.69, 9.17) is 11.6 Å². The molecule has 0 spiro atoms. The lowest BCUT2D eigenvalue weighted by Crippen LogP contribution is -2.42. The Hall–Kier alpha value is -3.36. The van der Waals surface area contributed by atoms with Crippen molar-refractivity contribution in [1.82, 2.24) is 0 Å². The summed E-state index contributed by atoms with van der Waals surface area (Å²) in [6, 6.07) is 14.3. The molecule has 2 N–H and O–H groups in total. The number of nitrogens with one attached hydrogen (secondary N) is 1. The third-order valence-electron chi connectivity index (χ3n) is 6.23. The van der Waals surface area contributed by atoms with Crippen LogP contribution in [0.1, 0.15) is 45.2 Å². The molecule has 182 valence electrons. The molecule has 0 aromatic heterocycles. The van der Waals surface area contributed by atoms with Gasteiger partial charge in [0.05, 0.1) is 11.4 Å². The largest absolute Gasteiger partial charge is 0.379 e. The number of rotatable bonds is 3. The quantitative estimate of drug-likeness (QED) is 0.466. The molecule has 0 unspecified atom stereocenters. The number of hydrogen-bond acceptors (Lipinski definition) is 3. The van der Waals surface area contributed by atoms with Gasteiger partial charge in [-0.2, -0.15) is 0 Å². The van der Waals surface area contributed by atoms with E-state index in [1.165, 1.54) is 30.3 Å². The van der Waals surface area contributed by atoms with Gasteiger partial charge in [0, 0.05) is 34.7 Å². The highest BCUT2D eigenvalue weighted by Crippen LogP contribution is 2.47. The number of benzene rings is 3. The van der Waals surface area contributed by atoms with E-state index < -0.39 is 42.1 Å². The number of anilines is 2. The Balaban J connectivity index is 1.65. The highest BCUT2D eigenvalue weighted by molar-refractivity contribution is 6.30. The molecule has 4 rings (SSSR count). The van der Waals surface area contributed by atoms with Crippen LogP contribution in [0.25, 0.3) is 0 Å². The molecular weight excluding hydrogens is 481 g/mol. The van der Waals surface area contributed by atoms with E-state index in [9.17, 15) is 27.9 Å². The minimum Gasteiger partial charge on any atom is -0.379 e. The van der Waals surface area contributed by atoms with Crippen LogP contribution >= 0.6 is 11.6 Å². The number of nitrogens with zero attached hydrogens (tertiary/aromatic N) is 1. The minimum atomic E-state index is -3.55. The molecule has 3 aromatic rings. The maximum Gasteiger partial charge on any atom is 0.281 e. The van der Waals surface area contributed by atoms with E-state index in [0.29, 0.717) is 11.1 Å². The smallest absolute Gasteiger partial charge is 0.281 e. The molecule has 0 bridgehead atoms. The average Bonchev–Trinajstić information content (AvgIpc) is 2.87. The summed E-state index contributed by atoms with van der Waals surface area (Å²) >= 11 is 5.98. The van der Waals surface area contributed by atoms with Crippen molar-refractivity contribution < 1.29 is 27.9 Å². The van der Waals surface area contributed by atoms with Crippen LogP contribution < -0.4 is 10.2 Å². The molecule has 1 aliphatic heterocycles. The summed E-state index contributed by atoms with van der Waals surface area (Å²) < 4.78 is 44.4. The van der Waals surface area contributed by atoms with Crippen molar-refractivity contribution in [2.45, 2.75) is 31.8 Å². The van der Waals surface area contributed by atoms with Crippen molar-refractivity contribution in [3.05, 3.63) is 93.8 Å². The van der Waals surface area contributed by atoms with Gasteiger partial charge in [-0.15, -0.1) is 0 Å². The van der Waals surface area contributed by atoms with Gasteiger partial charge in [0.1, 0.15) is 5.82 Å². The first kappa shape index (κ1) is 24.8. The van der Waals surface area contributed by atoms with E-state index in [1.807, 2.05) is 0 Å². The van der Waals surface area contributed by atoms with Crippen molar-refractivity contribution in [2.24, 2.45) is 0 Å². The SMILES string of the molecule is Cc1ccccc1C(=O)Nc1ccc(C(=O)N2CCC(F)(F)[C@](C)(O)c3cc(Cl)ccc32)cc1F. The van der Waals surface area contributed by atoms with Crippen LogP contribution in [0.3, 0.4) is 0 Å². The Bertz CT molecular complexity index is 1330. The molecule has 0 fully saturated rings. The average molecular weight is 503 g/mol. The van der Waals surface area contributed by atoms with Crippen molar-refractivity contribution in [2.75, 3.05) is 16.8 Å². The van der Waals surface area contributed by atoms with E-state index in [0.717, 1.165) is 17.9 Å². The summed E-state index contributed by atoms with van der Waals surface area (Å²) in [6.45, 7) is 2.31. The van der Waals surface area contributed by atoms with Crippen LogP contribution in [-0.2, 0) is 5.60 Å². The van der Waals surface area contributed by atoms with Crippen LogP contribution in [0, 0.1) is 12.7 Å². The molecule has 1 aliphatic rings. The second kappa shape index (κ2) is 9.02. The predicted octanol–water partition coefficient (Wildman–Crippen LogP) is 5.93. The van der Waals surface area contributed by atoms with Crippen molar-refractivity contribution in [1.29, 1.82) is 0 Å². The molecular formula is C26H22ClF3N2O3. The zero-order chi connectivity index (χ0) is 25.5. The Kier molecular flexibility index (Phi) is 6.38. The van der Waals surface area contributed by atoms with Crippen molar-refractivity contribution in [3.63, 3.8) is 0 Å². The number of hydrogen-bond donors (Lipinski definition) is 2. The lowest BCUT2D eigenvalue weighted by Gasteiger charge is -2.32. The summed E-state index contributed by atoms with van der Waals surface area (Å²) in [4.78, 5) is 26.9. The predicted molar refractivity (Wildman–Crippen MR) is 128 cm³/mol. The fourth-order valence-corrected chi connectivity index (χ4v) is 4.25. The first-order chi connectivity index (χ1) is 16.4. The van der Waals surface area contributed by atoms with Gasteiger partial charge in [0.2, 0.25) is 0 Å². The van der Waals surface area contributed by atoms with Crippen LogP contribution in [-0.4, -0.2) is 29.4 Å². The zero-order valence-electron chi connectivity index (χ0n) is 18.9. The van der Waals surface area contributed by atoms with Gasteiger partial charge in [0.15, 0.2) is 5.60 Å². The number of aliphatic hydroxyl groups is 1. The Labute approximate surface area is 205 Å². The number of carbonyl (C=O) groups is 2. The summed E-state index contributed by atoms with van der Waals surface area (Å²) in [5.41, 5.74) is -1.88.